The van der Waals surface area contributed by atoms with Crippen LogP contribution >= 0.6 is 0 Å². The van der Waals surface area contributed by atoms with E-state index in [4.69, 9.17) is 14.2 Å². The number of hydrogen-bond donors (Lipinski definition) is 0. The second-order valence-electron chi connectivity index (χ2n) is 8.60. The lowest BCUT2D eigenvalue weighted by Crippen LogP contribution is -2.49. The summed E-state index contributed by atoms with van der Waals surface area (Å²) in [6.07, 6.45) is 1.53. The fourth-order valence-corrected chi connectivity index (χ4v) is 4.48. The van der Waals surface area contributed by atoms with Crippen molar-refractivity contribution in [3.8, 4) is 22.9 Å². The zero-order valence-corrected chi connectivity index (χ0v) is 21.8. The molecule has 1 fully saturated rings. The van der Waals surface area contributed by atoms with Crippen molar-refractivity contribution < 1.29 is 19.0 Å². The van der Waals surface area contributed by atoms with Crippen molar-refractivity contribution in [2.75, 3.05) is 50.9 Å². The number of fused-ring (bicyclic) bond motifs is 1. The van der Waals surface area contributed by atoms with Gasteiger partial charge in [0.15, 0.2) is 28.5 Å². The largest absolute Gasteiger partial charge is 0.494 e. The summed E-state index contributed by atoms with van der Waals surface area (Å²) in [5, 5.41) is 8.72. The Morgan fingerprint density at radius 3 is 2.26 bits per heavy atom. The lowest BCUT2D eigenvalue weighted by molar-refractivity contribution is 0.0746. The van der Waals surface area contributed by atoms with Crippen molar-refractivity contribution in [2.45, 2.75) is 20.8 Å². The molecule has 1 amide bonds. The Bertz CT molecular complexity index is 1400. The van der Waals surface area contributed by atoms with E-state index in [0.717, 1.165) is 11.4 Å². The normalized spacial score (nSPS) is 13.6. The van der Waals surface area contributed by atoms with Crippen LogP contribution in [0.25, 0.3) is 16.9 Å². The summed E-state index contributed by atoms with van der Waals surface area (Å²) in [5.74, 6) is 2.68. The Hall–Kier alpha value is -4.41. The van der Waals surface area contributed by atoms with E-state index in [-0.39, 0.29) is 5.91 Å². The summed E-state index contributed by atoms with van der Waals surface area (Å²) in [5.41, 5.74) is 2.65. The van der Waals surface area contributed by atoms with Gasteiger partial charge in [0.2, 0.25) is 0 Å². The van der Waals surface area contributed by atoms with Gasteiger partial charge in [0.05, 0.1) is 25.5 Å². The van der Waals surface area contributed by atoms with E-state index in [0.29, 0.717) is 80.0 Å². The molecule has 0 saturated carbocycles. The van der Waals surface area contributed by atoms with Gasteiger partial charge < -0.3 is 24.0 Å². The van der Waals surface area contributed by atoms with Gasteiger partial charge >= 0.3 is 0 Å². The molecule has 0 aliphatic carbocycles. The molecule has 2 aromatic heterocycles. The first-order chi connectivity index (χ1) is 18.6. The Labute approximate surface area is 220 Å². The van der Waals surface area contributed by atoms with E-state index in [1.807, 2.05) is 49.9 Å². The molecule has 11 heteroatoms. The highest BCUT2D eigenvalue weighted by atomic mass is 16.5. The molecule has 0 N–H and O–H groups in total. The molecule has 1 aliphatic heterocycles. The molecule has 1 saturated heterocycles. The molecule has 38 heavy (non-hydrogen) atoms. The maximum atomic E-state index is 13.3. The molecule has 11 nitrogen and oxygen atoms in total. The van der Waals surface area contributed by atoms with E-state index in [1.54, 1.807) is 22.9 Å². The fraction of sp³-hybridized carbons (Fsp3) is 0.370. The van der Waals surface area contributed by atoms with E-state index in [2.05, 4.69) is 25.2 Å². The van der Waals surface area contributed by atoms with Gasteiger partial charge in [-0.3, -0.25) is 4.79 Å². The number of carbonyl (C=O) groups excluding carboxylic acids is 1. The Kier molecular flexibility index (Phi) is 7.52. The van der Waals surface area contributed by atoms with Crippen LogP contribution in [0.5, 0.6) is 17.2 Å². The van der Waals surface area contributed by atoms with Gasteiger partial charge in [0.25, 0.3) is 5.91 Å². The highest BCUT2D eigenvalue weighted by Gasteiger charge is 2.26. The molecule has 5 rings (SSSR count). The van der Waals surface area contributed by atoms with Crippen LogP contribution in [-0.2, 0) is 0 Å². The monoisotopic (exact) mass is 517 g/mol. The number of amides is 1. The summed E-state index contributed by atoms with van der Waals surface area (Å²) in [6, 6.07) is 13.0. The predicted molar refractivity (Wildman–Crippen MR) is 143 cm³/mol. The van der Waals surface area contributed by atoms with Gasteiger partial charge in [0, 0.05) is 31.7 Å². The van der Waals surface area contributed by atoms with Crippen LogP contribution in [0.3, 0.4) is 0 Å². The molecule has 0 atom stereocenters. The highest BCUT2D eigenvalue weighted by Crippen LogP contribution is 2.30. The SMILES string of the molecule is CCOc1ccc(-n2nnc3c(N4CCN(C(=O)c5ccc(OCC)c(OCC)c5)CC4)ncnc32)cc1. The van der Waals surface area contributed by atoms with Gasteiger partial charge in [-0.25, -0.2) is 9.97 Å². The van der Waals surface area contributed by atoms with E-state index in [9.17, 15) is 4.79 Å². The van der Waals surface area contributed by atoms with Gasteiger partial charge in [-0.1, -0.05) is 5.21 Å². The average Bonchev–Trinajstić information content (AvgIpc) is 3.39. The van der Waals surface area contributed by atoms with Crippen LogP contribution in [0.1, 0.15) is 31.1 Å². The van der Waals surface area contributed by atoms with Crippen molar-refractivity contribution >= 4 is 22.9 Å². The number of ether oxygens (including phenoxy) is 3. The van der Waals surface area contributed by atoms with Gasteiger partial charge in [-0.15, -0.1) is 5.10 Å². The first kappa shape index (κ1) is 25.2. The molecule has 0 bridgehead atoms. The fourth-order valence-electron chi connectivity index (χ4n) is 4.48. The topological polar surface area (TPSA) is 108 Å². The molecule has 0 spiro atoms. The van der Waals surface area contributed by atoms with Crippen molar-refractivity contribution in [3.63, 3.8) is 0 Å². The molecular weight excluding hydrogens is 486 g/mol. The first-order valence-corrected chi connectivity index (χ1v) is 12.9. The van der Waals surface area contributed by atoms with Crippen LogP contribution in [0, 0.1) is 0 Å². The van der Waals surface area contributed by atoms with Crippen molar-refractivity contribution in [1.82, 2.24) is 29.9 Å². The maximum Gasteiger partial charge on any atom is 0.254 e. The average molecular weight is 518 g/mol. The molecule has 198 valence electrons. The van der Waals surface area contributed by atoms with Crippen LogP contribution in [-0.4, -0.2) is 81.8 Å². The quantitative estimate of drug-likeness (QED) is 0.330. The molecule has 1 aliphatic rings. The molecular formula is C27H31N7O4. The van der Waals surface area contributed by atoms with Gasteiger partial charge in [0.1, 0.15) is 12.1 Å². The molecule has 2 aromatic carbocycles. The minimum atomic E-state index is -0.0390. The van der Waals surface area contributed by atoms with Crippen LogP contribution in [0.2, 0.25) is 0 Å². The lowest BCUT2D eigenvalue weighted by atomic mass is 10.1. The smallest absolute Gasteiger partial charge is 0.254 e. The Morgan fingerprint density at radius 1 is 0.842 bits per heavy atom. The number of rotatable bonds is 9. The number of nitrogens with zero attached hydrogens (tertiary/aromatic N) is 7. The number of carbonyl (C=O) groups is 1. The first-order valence-electron chi connectivity index (χ1n) is 12.9. The van der Waals surface area contributed by atoms with E-state index < -0.39 is 0 Å². The van der Waals surface area contributed by atoms with Gasteiger partial charge in [-0.2, -0.15) is 4.68 Å². The second-order valence-corrected chi connectivity index (χ2v) is 8.60. The molecule has 0 unspecified atom stereocenters. The highest BCUT2D eigenvalue weighted by molar-refractivity contribution is 5.95. The lowest BCUT2D eigenvalue weighted by Gasteiger charge is -2.35. The third kappa shape index (κ3) is 5.04. The van der Waals surface area contributed by atoms with Crippen molar-refractivity contribution in [3.05, 3.63) is 54.4 Å². The zero-order chi connectivity index (χ0) is 26.5. The van der Waals surface area contributed by atoms with Crippen LogP contribution < -0.4 is 19.1 Å². The van der Waals surface area contributed by atoms with Gasteiger partial charge in [-0.05, 0) is 63.2 Å². The number of hydrogen-bond acceptors (Lipinski definition) is 9. The standard InChI is InChI=1S/C27H31N7O4/c1-4-36-21-10-8-20(9-11-21)34-26-24(30-31-34)25(28-18-29-26)32-13-15-33(16-14-32)27(35)19-7-12-22(37-5-2)23(17-19)38-6-3/h7-12,17-18H,4-6,13-16H2,1-3H3. The van der Waals surface area contributed by atoms with E-state index in [1.165, 1.54) is 6.33 Å². The number of piperazine rings is 1. The Balaban J connectivity index is 1.30. The summed E-state index contributed by atoms with van der Waals surface area (Å²) in [7, 11) is 0. The van der Waals surface area contributed by atoms with E-state index >= 15 is 0 Å². The summed E-state index contributed by atoms with van der Waals surface area (Å²) >= 11 is 0. The molecule has 4 aromatic rings. The summed E-state index contributed by atoms with van der Waals surface area (Å²) in [4.78, 5) is 26.2. The minimum Gasteiger partial charge on any atom is -0.494 e. The third-order valence-corrected chi connectivity index (χ3v) is 6.27. The zero-order valence-electron chi connectivity index (χ0n) is 21.8. The molecule has 3 heterocycles. The van der Waals surface area contributed by atoms with Crippen LogP contribution in [0.4, 0.5) is 5.82 Å². The Morgan fingerprint density at radius 2 is 1.55 bits per heavy atom. The third-order valence-electron chi connectivity index (χ3n) is 6.27. The molecule has 0 radical (unpaired) electrons. The number of benzene rings is 2. The second kappa shape index (κ2) is 11.3. The van der Waals surface area contributed by atoms with Crippen molar-refractivity contribution in [2.24, 2.45) is 0 Å². The number of anilines is 1. The minimum absolute atomic E-state index is 0.0390. The maximum absolute atomic E-state index is 13.3. The number of aromatic nitrogens is 5. The summed E-state index contributed by atoms with van der Waals surface area (Å²) < 4.78 is 18.5. The van der Waals surface area contributed by atoms with Crippen LogP contribution in [0.15, 0.2) is 48.8 Å². The predicted octanol–water partition coefficient (Wildman–Crippen LogP) is 3.37. The van der Waals surface area contributed by atoms with Crippen molar-refractivity contribution in [1.29, 1.82) is 0 Å². The summed E-state index contributed by atoms with van der Waals surface area (Å²) in [6.45, 7) is 9.73.